The van der Waals surface area contributed by atoms with E-state index in [4.69, 9.17) is 4.84 Å². The van der Waals surface area contributed by atoms with Crippen molar-refractivity contribution >= 4 is 44.2 Å². The Morgan fingerprint density at radius 1 is 1.27 bits per heavy atom. The molecule has 0 saturated carbocycles. The molecule has 3 rings (SSSR count). The van der Waals surface area contributed by atoms with Gasteiger partial charge < -0.3 is 15.2 Å². The normalized spacial score (nSPS) is 10.5. The first-order valence-corrected chi connectivity index (χ1v) is 10.1. The fraction of sp³-hybridized carbons (Fsp3) is 0.300. The number of hydrogen-bond donors (Lipinski definition) is 3. The van der Waals surface area contributed by atoms with Crippen molar-refractivity contribution in [2.24, 2.45) is 7.05 Å². The summed E-state index contributed by atoms with van der Waals surface area (Å²) >= 11 is 3.17. The number of likely N-dealkylation sites (N-methyl/N-ethyl adjacent to an activating group) is 1. The maximum atomic E-state index is 15.1. The molecule has 0 atom stereocenters. The van der Waals surface area contributed by atoms with Crippen LogP contribution in [0.4, 0.5) is 20.2 Å². The van der Waals surface area contributed by atoms with Crippen LogP contribution in [0.25, 0.3) is 11.0 Å². The molecule has 0 aliphatic heterocycles. The fourth-order valence-corrected chi connectivity index (χ4v) is 2.91. The average molecular weight is 484 g/mol. The van der Waals surface area contributed by atoms with Crippen LogP contribution in [0.5, 0.6) is 0 Å². The van der Waals surface area contributed by atoms with E-state index in [0.29, 0.717) is 16.5 Å². The van der Waals surface area contributed by atoms with Crippen LogP contribution in [0.1, 0.15) is 24.2 Å². The number of carbonyl (C=O) groups excluding carboxylic acids is 1. The number of halogens is 3. The van der Waals surface area contributed by atoms with Gasteiger partial charge in [0.05, 0.1) is 35.4 Å². The Morgan fingerprint density at radius 2 is 2.00 bits per heavy atom. The third-order valence-corrected chi connectivity index (χ3v) is 4.51. The van der Waals surface area contributed by atoms with E-state index >= 15 is 4.39 Å². The third-order valence-electron chi connectivity index (χ3n) is 4.01. The summed E-state index contributed by atoms with van der Waals surface area (Å²) in [6, 6.07) is 5.75. The van der Waals surface area contributed by atoms with Gasteiger partial charge in [0.15, 0.2) is 5.82 Å². The van der Waals surface area contributed by atoms with E-state index in [2.05, 4.69) is 37.0 Å². The molecule has 0 fully saturated rings. The summed E-state index contributed by atoms with van der Waals surface area (Å²) in [5.74, 6) is -2.04. The van der Waals surface area contributed by atoms with Gasteiger partial charge >= 0.3 is 0 Å². The zero-order chi connectivity index (χ0) is 22.3. The Kier molecular flexibility index (Phi) is 8.70. The number of imidazole rings is 1. The fourth-order valence-electron chi connectivity index (χ4n) is 2.58. The maximum Gasteiger partial charge on any atom is 0.277 e. The van der Waals surface area contributed by atoms with Crippen molar-refractivity contribution in [1.29, 1.82) is 0 Å². The predicted molar refractivity (Wildman–Crippen MR) is 117 cm³/mol. The van der Waals surface area contributed by atoms with Gasteiger partial charge in [0, 0.05) is 18.1 Å². The maximum absolute atomic E-state index is 15.1. The minimum Gasteiger partial charge on any atom is -0.350 e. The minimum absolute atomic E-state index is 0.0162. The number of hydrogen-bond acceptors (Lipinski definition) is 5. The van der Waals surface area contributed by atoms with Crippen LogP contribution in [0, 0.1) is 11.6 Å². The van der Waals surface area contributed by atoms with Crippen LogP contribution >= 0.6 is 15.9 Å². The first-order valence-electron chi connectivity index (χ1n) is 9.34. The van der Waals surface area contributed by atoms with Crippen LogP contribution in [0.2, 0.25) is 0 Å². The van der Waals surface area contributed by atoms with Gasteiger partial charge in [-0.05, 0) is 31.3 Å². The number of rotatable bonds is 7. The summed E-state index contributed by atoms with van der Waals surface area (Å²) in [5, 5.41) is 5.54. The SMILES string of the molecule is CC.CNCCONC(=O)c1cc2c(ncn2C)c(F)c1Nc1ccc(Br)cc1F. The molecule has 0 radical (unpaired) electrons. The lowest BCUT2D eigenvalue weighted by molar-refractivity contribution is 0.0329. The number of fused-ring (bicyclic) bond motifs is 1. The van der Waals surface area contributed by atoms with Crippen molar-refractivity contribution < 1.29 is 18.4 Å². The number of benzene rings is 2. The van der Waals surface area contributed by atoms with Crippen molar-refractivity contribution in [3.63, 3.8) is 0 Å². The first-order chi connectivity index (χ1) is 14.4. The molecule has 3 N–H and O–H groups in total. The molecule has 1 heterocycles. The molecule has 1 amide bonds. The van der Waals surface area contributed by atoms with Crippen LogP contribution in [0.15, 0.2) is 35.1 Å². The van der Waals surface area contributed by atoms with E-state index in [9.17, 15) is 9.18 Å². The molecule has 0 spiro atoms. The molecule has 7 nitrogen and oxygen atoms in total. The smallest absolute Gasteiger partial charge is 0.277 e. The van der Waals surface area contributed by atoms with Crippen molar-refractivity contribution in [3.8, 4) is 0 Å². The summed E-state index contributed by atoms with van der Waals surface area (Å²) < 4.78 is 31.5. The highest BCUT2D eigenvalue weighted by molar-refractivity contribution is 9.10. The van der Waals surface area contributed by atoms with E-state index in [-0.39, 0.29) is 29.1 Å². The predicted octanol–water partition coefficient (Wildman–Crippen LogP) is 4.26. The van der Waals surface area contributed by atoms with Gasteiger partial charge in [0.25, 0.3) is 5.91 Å². The summed E-state index contributed by atoms with van der Waals surface area (Å²) in [6.45, 7) is 4.74. The molecular weight excluding hydrogens is 460 g/mol. The lowest BCUT2D eigenvalue weighted by Gasteiger charge is -2.15. The van der Waals surface area contributed by atoms with Gasteiger partial charge in [0.1, 0.15) is 11.3 Å². The number of hydroxylamine groups is 1. The van der Waals surface area contributed by atoms with Gasteiger partial charge in [-0.1, -0.05) is 29.8 Å². The van der Waals surface area contributed by atoms with Crippen molar-refractivity contribution in [2.75, 3.05) is 25.5 Å². The van der Waals surface area contributed by atoms with Crippen LogP contribution in [0.3, 0.4) is 0 Å². The van der Waals surface area contributed by atoms with Crippen molar-refractivity contribution in [3.05, 3.63) is 52.3 Å². The molecule has 0 aliphatic carbocycles. The van der Waals surface area contributed by atoms with E-state index in [1.807, 2.05) is 13.8 Å². The quantitative estimate of drug-likeness (QED) is 0.345. The van der Waals surface area contributed by atoms with Gasteiger partial charge in [-0.15, -0.1) is 0 Å². The van der Waals surface area contributed by atoms with Crippen LogP contribution in [-0.2, 0) is 11.9 Å². The van der Waals surface area contributed by atoms with E-state index in [1.54, 1.807) is 24.7 Å². The standard InChI is InChI=1S/C18H18BrF2N5O2.C2H6/c1-22-5-6-28-25-18(27)11-8-14-17(23-9-26(14)2)15(21)16(11)24-13-4-3-10(19)7-12(13)20;1-2/h3-4,7-9,22,24H,5-6H2,1-2H3,(H,25,27);1-2H3. The van der Waals surface area contributed by atoms with Gasteiger partial charge in [0.2, 0.25) is 0 Å². The molecule has 10 heteroatoms. The Balaban J connectivity index is 0.00000155. The van der Waals surface area contributed by atoms with Gasteiger partial charge in [-0.25, -0.2) is 19.2 Å². The summed E-state index contributed by atoms with van der Waals surface area (Å²) in [4.78, 5) is 21.7. The van der Waals surface area contributed by atoms with Crippen LogP contribution < -0.4 is 16.1 Å². The number of amides is 1. The summed E-state index contributed by atoms with van der Waals surface area (Å²) in [5.41, 5.74) is 2.53. The Labute approximate surface area is 181 Å². The zero-order valence-corrected chi connectivity index (χ0v) is 18.7. The summed E-state index contributed by atoms with van der Waals surface area (Å²) in [7, 11) is 3.42. The van der Waals surface area contributed by atoms with Crippen LogP contribution in [-0.4, -0.2) is 35.7 Å². The number of aryl methyl sites for hydroxylation is 1. The molecule has 0 aliphatic rings. The highest BCUT2D eigenvalue weighted by Gasteiger charge is 2.22. The highest BCUT2D eigenvalue weighted by atomic mass is 79.9. The largest absolute Gasteiger partial charge is 0.350 e. The second kappa shape index (κ2) is 11.0. The number of aromatic nitrogens is 2. The van der Waals surface area contributed by atoms with Crippen molar-refractivity contribution in [1.82, 2.24) is 20.3 Å². The lowest BCUT2D eigenvalue weighted by atomic mass is 10.1. The molecule has 0 saturated heterocycles. The van der Waals surface area contributed by atoms with Crippen molar-refractivity contribution in [2.45, 2.75) is 13.8 Å². The van der Waals surface area contributed by atoms with E-state index in [1.165, 1.54) is 24.5 Å². The van der Waals surface area contributed by atoms with E-state index < -0.39 is 17.5 Å². The number of nitrogens with one attached hydrogen (secondary N) is 3. The van der Waals surface area contributed by atoms with Gasteiger partial charge in [-0.3, -0.25) is 9.63 Å². The molecule has 1 aromatic heterocycles. The second-order valence-electron chi connectivity index (χ2n) is 5.97. The number of carbonyl (C=O) groups is 1. The molecule has 2 aromatic carbocycles. The minimum atomic E-state index is -0.763. The monoisotopic (exact) mass is 483 g/mol. The summed E-state index contributed by atoms with van der Waals surface area (Å²) in [6.07, 6.45) is 1.43. The lowest BCUT2D eigenvalue weighted by Crippen LogP contribution is -2.28. The Bertz CT molecular complexity index is 1030. The molecule has 0 unspecified atom stereocenters. The Morgan fingerprint density at radius 3 is 2.67 bits per heavy atom. The van der Waals surface area contributed by atoms with E-state index in [0.717, 1.165) is 0 Å². The second-order valence-corrected chi connectivity index (χ2v) is 6.88. The Hall–Kier alpha value is -2.56. The number of nitrogens with zero attached hydrogens (tertiary/aromatic N) is 2. The number of anilines is 2. The molecule has 162 valence electrons. The zero-order valence-electron chi connectivity index (χ0n) is 17.1. The van der Waals surface area contributed by atoms with Gasteiger partial charge in [-0.2, -0.15) is 0 Å². The topological polar surface area (TPSA) is 80.2 Å². The molecular formula is C20H24BrF2N5O2. The molecule has 3 aromatic rings. The molecule has 30 heavy (non-hydrogen) atoms. The average Bonchev–Trinajstić information content (AvgIpc) is 3.11. The molecule has 0 bridgehead atoms. The first kappa shape index (κ1) is 23.7. The highest BCUT2D eigenvalue weighted by Crippen LogP contribution is 2.32. The third kappa shape index (κ3) is 5.32.